The number of fused-ring (bicyclic) bond motifs is 2. The zero-order valence-electron chi connectivity index (χ0n) is 18.8. The molecule has 6 nitrogen and oxygen atoms in total. The van der Waals surface area contributed by atoms with E-state index in [1.165, 1.54) is 0 Å². The molecule has 1 fully saturated rings. The monoisotopic (exact) mass is 547 g/mol. The molecule has 5 rings (SSSR count). The lowest BCUT2D eigenvalue weighted by Gasteiger charge is -2.45. The van der Waals surface area contributed by atoms with Crippen molar-refractivity contribution in [1.82, 2.24) is 15.2 Å². The highest BCUT2D eigenvalue weighted by molar-refractivity contribution is 7.80. The lowest BCUT2D eigenvalue weighted by Crippen LogP contribution is -2.63. The SMILES string of the molecule is O=C(NC(N1CCCN(c2cccc3cccnc23)C1=S)C(Cl)(Cl)Cl)C1CNc2ccccc2C1. The second kappa shape index (κ2) is 9.97. The predicted octanol–water partition coefficient (Wildman–Crippen LogP) is 5.13. The topological polar surface area (TPSA) is 60.5 Å². The van der Waals surface area contributed by atoms with Gasteiger partial charge in [-0.2, -0.15) is 0 Å². The molecule has 2 atom stereocenters. The van der Waals surface area contributed by atoms with Crippen LogP contribution in [0.15, 0.2) is 60.8 Å². The van der Waals surface area contributed by atoms with E-state index in [9.17, 15) is 4.79 Å². The number of para-hydroxylation sites is 2. The Hall–Kier alpha value is -2.32. The summed E-state index contributed by atoms with van der Waals surface area (Å²) < 4.78 is -1.79. The Balaban J connectivity index is 1.38. The third kappa shape index (κ3) is 5.00. The molecule has 1 amide bonds. The van der Waals surface area contributed by atoms with E-state index in [-0.39, 0.29) is 11.8 Å². The highest BCUT2D eigenvalue weighted by Gasteiger charge is 2.43. The number of alkyl halides is 3. The van der Waals surface area contributed by atoms with E-state index in [0.29, 0.717) is 31.2 Å². The van der Waals surface area contributed by atoms with Gasteiger partial charge >= 0.3 is 0 Å². The summed E-state index contributed by atoms with van der Waals surface area (Å²) in [6, 6.07) is 17.9. The number of benzene rings is 2. The minimum atomic E-state index is -1.79. The van der Waals surface area contributed by atoms with Gasteiger partial charge in [0.15, 0.2) is 11.3 Å². The van der Waals surface area contributed by atoms with Crippen molar-refractivity contribution in [3.05, 3.63) is 66.4 Å². The number of pyridine rings is 1. The molecular formula is C25H24Cl3N5OS. The summed E-state index contributed by atoms with van der Waals surface area (Å²) >= 11 is 25.1. The predicted molar refractivity (Wildman–Crippen MR) is 147 cm³/mol. The fourth-order valence-electron chi connectivity index (χ4n) is 4.73. The first kappa shape index (κ1) is 24.4. The number of aromatic nitrogens is 1. The van der Waals surface area contributed by atoms with E-state index in [4.69, 9.17) is 47.0 Å². The summed E-state index contributed by atoms with van der Waals surface area (Å²) in [6.45, 7) is 1.76. The standard InChI is InChI=1S/C25H24Cl3N5OS/c26-25(27,28)23(31-22(34)18-14-17-6-1-2-9-19(17)30-15-18)33-13-5-12-32(24(33)35)20-10-3-7-16-8-4-11-29-21(16)20/h1-4,6-11,18,23,30H,5,12-15H2,(H,31,34). The van der Waals surface area contributed by atoms with Gasteiger partial charge in [0.05, 0.1) is 17.1 Å². The number of carbonyl (C=O) groups is 1. The maximum absolute atomic E-state index is 13.3. The smallest absolute Gasteiger partial charge is 0.228 e. The molecule has 10 heteroatoms. The van der Waals surface area contributed by atoms with Gasteiger partial charge in [0.2, 0.25) is 9.70 Å². The molecule has 3 heterocycles. The molecule has 35 heavy (non-hydrogen) atoms. The summed E-state index contributed by atoms with van der Waals surface area (Å²) in [4.78, 5) is 21.7. The lowest BCUT2D eigenvalue weighted by atomic mass is 9.93. The van der Waals surface area contributed by atoms with Crippen LogP contribution in [0.4, 0.5) is 11.4 Å². The van der Waals surface area contributed by atoms with Crippen LogP contribution in [0.3, 0.4) is 0 Å². The number of nitrogens with one attached hydrogen (secondary N) is 2. The molecule has 2 aromatic carbocycles. The quantitative estimate of drug-likeness (QED) is 0.348. The van der Waals surface area contributed by atoms with Gasteiger partial charge in [-0.3, -0.25) is 9.78 Å². The zero-order valence-corrected chi connectivity index (χ0v) is 21.8. The number of rotatable bonds is 4. The molecule has 0 aliphatic carbocycles. The summed E-state index contributed by atoms with van der Waals surface area (Å²) in [5, 5.41) is 7.81. The Morgan fingerprint density at radius 2 is 1.91 bits per heavy atom. The first-order valence-electron chi connectivity index (χ1n) is 11.4. The van der Waals surface area contributed by atoms with E-state index in [1.54, 1.807) is 11.1 Å². The van der Waals surface area contributed by atoms with Crippen LogP contribution in [0.5, 0.6) is 0 Å². The third-order valence-electron chi connectivity index (χ3n) is 6.45. The van der Waals surface area contributed by atoms with Crippen LogP contribution in [-0.2, 0) is 11.2 Å². The van der Waals surface area contributed by atoms with E-state index in [1.807, 2.05) is 59.5 Å². The summed E-state index contributed by atoms with van der Waals surface area (Å²) in [7, 11) is 0. The van der Waals surface area contributed by atoms with Crippen LogP contribution in [-0.4, -0.2) is 50.5 Å². The van der Waals surface area contributed by atoms with E-state index < -0.39 is 9.96 Å². The lowest BCUT2D eigenvalue weighted by molar-refractivity contribution is -0.126. The minimum absolute atomic E-state index is 0.185. The number of hydrogen-bond donors (Lipinski definition) is 2. The van der Waals surface area contributed by atoms with Gasteiger partial charge in [-0.25, -0.2) is 0 Å². The normalized spacial score (nSPS) is 19.2. The maximum atomic E-state index is 13.3. The van der Waals surface area contributed by atoms with E-state index >= 15 is 0 Å². The van der Waals surface area contributed by atoms with Crippen molar-refractivity contribution in [2.75, 3.05) is 29.9 Å². The van der Waals surface area contributed by atoms with Gasteiger partial charge < -0.3 is 20.4 Å². The largest absolute Gasteiger partial charge is 0.384 e. The average Bonchev–Trinajstić information content (AvgIpc) is 2.86. The van der Waals surface area contributed by atoms with Gasteiger partial charge in [-0.1, -0.05) is 71.2 Å². The summed E-state index contributed by atoms with van der Waals surface area (Å²) in [5.41, 5.74) is 3.87. The fourth-order valence-corrected chi connectivity index (χ4v) is 5.63. The molecular weight excluding hydrogens is 525 g/mol. The highest BCUT2D eigenvalue weighted by atomic mass is 35.6. The molecule has 2 aliphatic rings. The molecule has 0 radical (unpaired) electrons. The van der Waals surface area contributed by atoms with Crippen LogP contribution in [0.2, 0.25) is 0 Å². The van der Waals surface area contributed by atoms with Crippen molar-refractivity contribution in [2.24, 2.45) is 5.92 Å². The Labute approximate surface area is 224 Å². The van der Waals surface area contributed by atoms with Crippen LogP contribution in [0.1, 0.15) is 12.0 Å². The molecule has 3 aromatic rings. The molecule has 0 saturated carbocycles. The molecule has 2 N–H and O–H groups in total. The van der Waals surface area contributed by atoms with Gasteiger partial charge in [0.1, 0.15) is 0 Å². The molecule has 182 valence electrons. The summed E-state index contributed by atoms with van der Waals surface area (Å²) in [5.74, 6) is -0.480. The Morgan fingerprint density at radius 1 is 1.11 bits per heavy atom. The fraction of sp³-hybridized carbons (Fsp3) is 0.320. The van der Waals surface area contributed by atoms with E-state index in [2.05, 4.69) is 15.6 Å². The molecule has 0 bridgehead atoms. The third-order valence-corrected chi connectivity index (χ3v) is 7.53. The Morgan fingerprint density at radius 3 is 2.74 bits per heavy atom. The van der Waals surface area contributed by atoms with Crippen LogP contribution >= 0.6 is 47.0 Å². The number of anilines is 2. The van der Waals surface area contributed by atoms with Crippen molar-refractivity contribution < 1.29 is 4.79 Å². The van der Waals surface area contributed by atoms with Crippen LogP contribution in [0.25, 0.3) is 10.9 Å². The van der Waals surface area contributed by atoms with Crippen molar-refractivity contribution in [1.29, 1.82) is 0 Å². The minimum Gasteiger partial charge on any atom is -0.384 e. The second-order valence-electron chi connectivity index (χ2n) is 8.73. The second-order valence-corrected chi connectivity index (χ2v) is 11.5. The van der Waals surface area contributed by atoms with Crippen molar-refractivity contribution in [2.45, 2.75) is 22.8 Å². The Kier molecular flexibility index (Phi) is 6.95. The maximum Gasteiger partial charge on any atom is 0.228 e. The number of thiocarbonyl (C=S) groups is 1. The first-order valence-corrected chi connectivity index (χ1v) is 13.0. The molecule has 1 saturated heterocycles. The van der Waals surface area contributed by atoms with Gasteiger partial charge in [-0.05, 0) is 48.8 Å². The number of amides is 1. The van der Waals surface area contributed by atoms with Crippen LogP contribution < -0.4 is 15.5 Å². The first-order chi connectivity index (χ1) is 16.8. The molecule has 2 unspecified atom stereocenters. The highest BCUT2D eigenvalue weighted by Crippen LogP contribution is 2.36. The summed E-state index contributed by atoms with van der Waals surface area (Å²) in [6.07, 6.45) is 2.22. The van der Waals surface area contributed by atoms with Crippen molar-refractivity contribution in [3.63, 3.8) is 0 Å². The molecule has 2 aliphatic heterocycles. The van der Waals surface area contributed by atoms with Crippen LogP contribution in [0, 0.1) is 5.92 Å². The van der Waals surface area contributed by atoms with Crippen molar-refractivity contribution >= 4 is 80.3 Å². The molecule has 1 aromatic heterocycles. The van der Waals surface area contributed by atoms with Gasteiger partial charge in [-0.15, -0.1) is 0 Å². The average molecular weight is 549 g/mol. The number of carbonyl (C=O) groups excluding carboxylic acids is 1. The number of hydrogen-bond acceptors (Lipinski definition) is 4. The van der Waals surface area contributed by atoms with Gasteiger partial charge in [0, 0.05) is 36.9 Å². The zero-order chi connectivity index (χ0) is 24.6. The van der Waals surface area contributed by atoms with Gasteiger partial charge in [0.25, 0.3) is 0 Å². The number of halogens is 3. The van der Waals surface area contributed by atoms with E-state index in [0.717, 1.165) is 34.3 Å². The number of nitrogens with zero attached hydrogens (tertiary/aromatic N) is 3. The van der Waals surface area contributed by atoms with Crippen molar-refractivity contribution in [3.8, 4) is 0 Å². The molecule has 0 spiro atoms. The Bertz CT molecular complexity index is 1260.